The van der Waals surface area contributed by atoms with E-state index in [9.17, 15) is 0 Å². The summed E-state index contributed by atoms with van der Waals surface area (Å²) in [7, 11) is 0. The van der Waals surface area contributed by atoms with E-state index in [0.717, 1.165) is 19.0 Å². The predicted octanol–water partition coefficient (Wildman–Crippen LogP) is 3.50. The third-order valence-electron chi connectivity index (χ3n) is 4.29. The van der Waals surface area contributed by atoms with Gasteiger partial charge in [-0.2, -0.15) is 0 Å². The molecule has 0 radical (unpaired) electrons. The van der Waals surface area contributed by atoms with Crippen LogP contribution in [0.3, 0.4) is 0 Å². The molecule has 0 aromatic rings. The van der Waals surface area contributed by atoms with Crippen molar-refractivity contribution in [2.24, 2.45) is 5.92 Å². The molecule has 1 spiro atoms. The van der Waals surface area contributed by atoms with Gasteiger partial charge in [-0.3, -0.25) is 0 Å². The van der Waals surface area contributed by atoms with E-state index < -0.39 is 0 Å². The van der Waals surface area contributed by atoms with Gasteiger partial charge in [-0.1, -0.05) is 26.7 Å². The van der Waals surface area contributed by atoms with Crippen LogP contribution in [0.5, 0.6) is 0 Å². The van der Waals surface area contributed by atoms with Crippen LogP contribution in [0.1, 0.15) is 65.2 Å². The molecular formula is C15H29NO. The molecule has 2 rings (SSSR count). The molecule has 0 bridgehead atoms. The van der Waals surface area contributed by atoms with Gasteiger partial charge >= 0.3 is 0 Å². The van der Waals surface area contributed by atoms with Gasteiger partial charge in [-0.15, -0.1) is 0 Å². The second-order valence-electron chi connectivity index (χ2n) is 6.41. The van der Waals surface area contributed by atoms with E-state index in [1.807, 2.05) is 0 Å². The zero-order valence-electron chi connectivity index (χ0n) is 11.6. The molecule has 0 aromatic carbocycles. The molecular weight excluding hydrogens is 210 g/mol. The van der Waals surface area contributed by atoms with Crippen molar-refractivity contribution in [3.63, 3.8) is 0 Å². The Morgan fingerprint density at radius 3 is 2.71 bits per heavy atom. The van der Waals surface area contributed by atoms with Crippen LogP contribution in [0.25, 0.3) is 0 Å². The Bertz CT molecular complexity index is 221. The highest BCUT2D eigenvalue weighted by Crippen LogP contribution is 2.44. The van der Waals surface area contributed by atoms with Gasteiger partial charge in [-0.25, -0.2) is 0 Å². The SMILES string of the molecule is CC(C)CNCCCC1CCC2(CCCC2)O1. The Labute approximate surface area is 107 Å². The molecule has 1 unspecified atom stereocenters. The van der Waals surface area contributed by atoms with Crippen LogP contribution < -0.4 is 5.32 Å². The first kappa shape index (κ1) is 13.4. The van der Waals surface area contributed by atoms with Gasteiger partial charge in [0, 0.05) is 0 Å². The number of ether oxygens (including phenoxy) is 1. The smallest absolute Gasteiger partial charge is 0.0687 e. The van der Waals surface area contributed by atoms with Gasteiger partial charge in [0.25, 0.3) is 0 Å². The highest BCUT2D eigenvalue weighted by atomic mass is 16.5. The number of hydrogen-bond donors (Lipinski definition) is 1. The van der Waals surface area contributed by atoms with Crippen molar-refractivity contribution in [2.45, 2.75) is 76.9 Å². The summed E-state index contributed by atoms with van der Waals surface area (Å²) >= 11 is 0. The summed E-state index contributed by atoms with van der Waals surface area (Å²) in [6.07, 6.45) is 11.2. The van der Waals surface area contributed by atoms with E-state index >= 15 is 0 Å². The van der Waals surface area contributed by atoms with Gasteiger partial charge in [0.05, 0.1) is 11.7 Å². The Kier molecular flexibility index (Phi) is 4.87. The van der Waals surface area contributed by atoms with Crippen molar-refractivity contribution >= 4 is 0 Å². The molecule has 1 saturated heterocycles. The number of nitrogens with one attached hydrogen (secondary N) is 1. The average molecular weight is 239 g/mol. The minimum Gasteiger partial charge on any atom is -0.372 e. The molecule has 1 N–H and O–H groups in total. The molecule has 1 saturated carbocycles. The van der Waals surface area contributed by atoms with Crippen molar-refractivity contribution in [1.82, 2.24) is 5.32 Å². The maximum Gasteiger partial charge on any atom is 0.0687 e. The summed E-state index contributed by atoms with van der Waals surface area (Å²) in [4.78, 5) is 0. The van der Waals surface area contributed by atoms with Crippen molar-refractivity contribution in [1.29, 1.82) is 0 Å². The van der Waals surface area contributed by atoms with E-state index in [4.69, 9.17) is 4.74 Å². The Morgan fingerprint density at radius 2 is 2.00 bits per heavy atom. The van der Waals surface area contributed by atoms with Gasteiger partial charge < -0.3 is 10.1 Å². The van der Waals surface area contributed by atoms with Crippen molar-refractivity contribution in [2.75, 3.05) is 13.1 Å². The lowest BCUT2D eigenvalue weighted by Gasteiger charge is -2.23. The second kappa shape index (κ2) is 6.19. The molecule has 2 nitrogen and oxygen atoms in total. The standard InChI is InChI=1S/C15H29NO/c1-13(2)12-16-11-5-6-14-7-10-15(17-14)8-3-4-9-15/h13-14,16H,3-12H2,1-2H3. The van der Waals surface area contributed by atoms with Gasteiger partial charge in [0.2, 0.25) is 0 Å². The molecule has 1 aliphatic carbocycles. The molecule has 2 heteroatoms. The van der Waals surface area contributed by atoms with Crippen LogP contribution in [0.15, 0.2) is 0 Å². The Balaban J connectivity index is 1.55. The zero-order valence-corrected chi connectivity index (χ0v) is 11.6. The van der Waals surface area contributed by atoms with Crippen molar-refractivity contribution < 1.29 is 4.74 Å². The molecule has 1 aliphatic heterocycles. The molecule has 17 heavy (non-hydrogen) atoms. The molecule has 2 fully saturated rings. The lowest BCUT2D eigenvalue weighted by molar-refractivity contribution is -0.0392. The fourth-order valence-corrected chi connectivity index (χ4v) is 3.33. The first-order valence-electron chi connectivity index (χ1n) is 7.59. The quantitative estimate of drug-likeness (QED) is 0.716. The average Bonchev–Trinajstić information content (AvgIpc) is 2.89. The van der Waals surface area contributed by atoms with Crippen LogP contribution in [-0.4, -0.2) is 24.8 Å². The third kappa shape index (κ3) is 3.96. The van der Waals surface area contributed by atoms with E-state index in [2.05, 4.69) is 19.2 Å². The maximum absolute atomic E-state index is 6.31. The summed E-state index contributed by atoms with van der Waals surface area (Å²) in [6.45, 7) is 6.83. The third-order valence-corrected chi connectivity index (χ3v) is 4.29. The van der Waals surface area contributed by atoms with Gasteiger partial charge in [0.15, 0.2) is 0 Å². The molecule has 1 atom stereocenters. The van der Waals surface area contributed by atoms with Gasteiger partial charge in [-0.05, 0) is 57.5 Å². The highest BCUT2D eigenvalue weighted by molar-refractivity contribution is 4.92. The summed E-state index contributed by atoms with van der Waals surface area (Å²) in [5.41, 5.74) is 0.329. The first-order chi connectivity index (χ1) is 8.20. The molecule has 0 aromatic heterocycles. The van der Waals surface area contributed by atoms with E-state index in [0.29, 0.717) is 11.7 Å². The normalized spacial score (nSPS) is 27.4. The first-order valence-corrected chi connectivity index (χ1v) is 7.59. The van der Waals surface area contributed by atoms with E-state index in [-0.39, 0.29) is 0 Å². The van der Waals surface area contributed by atoms with Crippen LogP contribution in [0.2, 0.25) is 0 Å². The largest absolute Gasteiger partial charge is 0.372 e. The predicted molar refractivity (Wildman–Crippen MR) is 72.2 cm³/mol. The molecule has 100 valence electrons. The fourth-order valence-electron chi connectivity index (χ4n) is 3.33. The molecule has 0 amide bonds. The topological polar surface area (TPSA) is 21.3 Å². The zero-order chi connectivity index (χ0) is 12.1. The second-order valence-corrected chi connectivity index (χ2v) is 6.41. The molecule has 2 aliphatic rings. The lowest BCUT2D eigenvalue weighted by Crippen LogP contribution is -2.25. The minimum absolute atomic E-state index is 0.329. The summed E-state index contributed by atoms with van der Waals surface area (Å²) in [5.74, 6) is 0.763. The summed E-state index contributed by atoms with van der Waals surface area (Å²) < 4.78 is 6.31. The minimum atomic E-state index is 0.329. The van der Waals surface area contributed by atoms with Crippen LogP contribution >= 0.6 is 0 Å². The monoisotopic (exact) mass is 239 g/mol. The van der Waals surface area contributed by atoms with Crippen LogP contribution in [0.4, 0.5) is 0 Å². The molecule has 1 heterocycles. The maximum atomic E-state index is 6.31. The number of hydrogen-bond acceptors (Lipinski definition) is 2. The number of rotatable bonds is 6. The van der Waals surface area contributed by atoms with Gasteiger partial charge in [0.1, 0.15) is 0 Å². The Hall–Kier alpha value is -0.0800. The van der Waals surface area contributed by atoms with E-state index in [1.54, 1.807) is 0 Å². The van der Waals surface area contributed by atoms with Crippen LogP contribution in [0, 0.1) is 5.92 Å². The summed E-state index contributed by atoms with van der Waals surface area (Å²) in [6, 6.07) is 0. The lowest BCUT2D eigenvalue weighted by atomic mass is 9.98. The summed E-state index contributed by atoms with van der Waals surface area (Å²) in [5, 5.41) is 3.51. The van der Waals surface area contributed by atoms with Crippen LogP contribution in [-0.2, 0) is 4.74 Å². The van der Waals surface area contributed by atoms with E-state index in [1.165, 1.54) is 51.4 Å². The highest BCUT2D eigenvalue weighted by Gasteiger charge is 2.41. The van der Waals surface area contributed by atoms with Crippen molar-refractivity contribution in [3.8, 4) is 0 Å². The Morgan fingerprint density at radius 1 is 1.24 bits per heavy atom. The fraction of sp³-hybridized carbons (Fsp3) is 1.00. The van der Waals surface area contributed by atoms with Crippen molar-refractivity contribution in [3.05, 3.63) is 0 Å².